The molecule has 0 spiro atoms. The summed E-state index contributed by atoms with van der Waals surface area (Å²) in [5, 5.41) is 3.03. The summed E-state index contributed by atoms with van der Waals surface area (Å²) in [6, 6.07) is 9.27. The molecule has 5 nitrogen and oxygen atoms in total. The first kappa shape index (κ1) is 14.5. The molecule has 2 rings (SSSR count). The van der Waals surface area contributed by atoms with Gasteiger partial charge >= 0.3 is 0 Å². The largest absolute Gasteiger partial charge is 0.338 e. The molecule has 0 saturated carbocycles. The van der Waals surface area contributed by atoms with Crippen LogP contribution in [0.5, 0.6) is 0 Å². The molecule has 1 N–H and O–H groups in total. The Balaban J connectivity index is 1.85. The fourth-order valence-corrected chi connectivity index (χ4v) is 2.27. The highest BCUT2D eigenvalue weighted by Gasteiger charge is 2.24. The summed E-state index contributed by atoms with van der Waals surface area (Å²) in [5.41, 5.74) is 0.708. The van der Waals surface area contributed by atoms with Crippen LogP contribution in [0.2, 0.25) is 0 Å². The molecule has 1 aromatic carbocycles. The maximum atomic E-state index is 12.3. The predicted octanol–water partition coefficient (Wildman–Crippen LogP) is 0.581. The molecule has 0 aromatic heterocycles. The fraction of sp³-hybridized carbons (Fsp3) is 0.467. The summed E-state index contributed by atoms with van der Waals surface area (Å²) in [6.45, 7) is 5.58. The average molecular weight is 275 g/mol. The molecule has 1 aliphatic heterocycles. The SMILES string of the molecule is CCNCC(=O)N1CCN(C(=O)c2ccccc2)CC1. The van der Waals surface area contributed by atoms with E-state index in [1.807, 2.05) is 47.1 Å². The second-order valence-electron chi connectivity index (χ2n) is 4.82. The van der Waals surface area contributed by atoms with Gasteiger partial charge in [-0.05, 0) is 18.7 Å². The number of hydrogen-bond acceptors (Lipinski definition) is 3. The number of carbonyl (C=O) groups excluding carboxylic acids is 2. The van der Waals surface area contributed by atoms with Crippen LogP contribution >= 0.6 is 0 Å². The zero-order chi connectivity index (χ0) is 14.4. The van der Waals surface area contributed by atoms with Crippen molar-refractivity contribution >= 4 is 11.8 Å². The Kier molecular flexibility index (Phi) is 5.12. The highest BCUT2D eigenvalue weighted by Crippen LogP contribution is 2.08. The summed E-state index contributed by atoms with van der Waals surface area (Å²) in [7, 11) is 0. The van der Waals surface area contributed by atoms with Crippen molar-refractivity contribution in [2.24, 2.45) is 0 Å². The van der Waals surface area contributed by atoms with Crippen molar-refractivity contribution < 1.29 is 9.59 Å². The molecule has 0 bridgehead atoms. The molecule has 1 heterocycles. The van der Waals surface area contributed by atoms with E-state index in [4.69, 9.17) is 0 Å². The number of piperazine rings is 1. The van der Waals surface area contributed by atoms with E-state index in [9.17, 15) is 9.59 Å². The minimum absolute atomic E-state index is 0.0457. The van der Waals surface area contributed by atoms with Crippen molar-refractivity contribution in [3.8, 4) is 0 Å². The third kappa shape index (κ3) is 3.57. The maximum absolute atomic E-state index is 12.3. The van der Waals surface area contributed by atoms with Crippen LogP contribution in [0.3, 0.4) is 0 Å². The van der Waals surface area contributed by atoms with Crippen molar-refractivity contribution in [2.75, 3.05) is 39.3 Å². The molecule has 1 fully saturated rings. The highest BCUT2D eigenvalue weighted by atomic mass is 16.2. The molecule has 0 atom stereocenters. The van der Waals surface area contributed by atoms with Crippen molar-refractivity contribution in [3.05, 3.63) is 35.9 Å². The molecule has 0 radical (unpaired) electrons. The van der Waals surface area contributed by atoms with E-state index < -0.39 is 0 Å². The van der Waals surface area contributed by atoms with E-state index in [2.05, 4.69) is 5.32 Å². The van der Waals surface area contributed by atoms with Gasteiger partial charge in [-0.1, -0.05) is 25.1 Å². The third-order valence-electron chi connectivity index (χ3n) is 3.47. The van der Waals surface area contributed by atoms with Crippen LogP contribution in [0.15, 0.2) is 30.3 Å². The summed E-state index contributed by atoms with van der Waals surface area (Å²) in [5.74, 6) is 0.156. The quantitative estimate of drug-likeness (QED) is 0.874. The lowest BCUT2D eigenvalue weighted by Crippen LogP contribution is -2.52. The second kappa shape index (κ2) is 7.05. The van der Waals surface area contributed by atoms with Crippen LogP contribution in [0.4, 0.5) is 0 Å². The van der Waals surface area contributed by atoms with E-state index in [0.717, 1.165) is 6.54 Å². The minimum atomic E-state index is 0.0457. The van der Waals surface area contributed by atoms with Crippen molar-refractivity contribution in [1.29, 1.82) is 0 Å². The molecule has 0 unspecified atom stereocenters. The number of hydrogen-bond donors (Lipinski definition) is 1. The summed E-state index contributed by atoms with van der Waals surface area (Å²) in [6.07, 6.45) is 0. The Morgan fingerprint density at radius 2 is 1.65 bits per heavy atom. The topological polar surface area (TPSA) is 52.7 Å². The van der Waals surface area contributed by atoms with Gasteiger partial charge in [0.2, 0.25) is 5.91 Å². The molecule has 0 aliphatic carbocycles. The number of amides is 2. The second-order valence-corrected chi connectivity index (χ2v) is 4.82. The van der Waals surface area contributed by atoms with Gasteiger partial charge in [-0.3, -0.25) is 9.59 Å². The summed E-state index contributed by atoms with van der Waals surface area (Å²) in [4.78, 5) is 27.8. The van der Waals surface area contributed by atoms with Crippen LogP contribution in [-0.2, 0) is 4.79 Å². The molecular weight excluding hydrogens is 254 g/mol. The van der Waals surface area contributed by atoms with Crippen LogP contribution in [0, 0.1) is 0 Å². The summed E-state index contributed by atoms with van der Waals surface area (Å²) < 4.78 is 0. The van der Waals surface area contributed by atoms with Crippen molar-refractivity contribution in [3.63, 3.8) is 0 Å². The van der Waals surface area contributed by atoms with Crippen LogP contribution in [0.25, 0.3) is 0 Å². The van der Waals surface area contributed by atoms with Gasteiger partial charge in [0.25, 0.3) is 5.91 Å². The zero-order valence-corrected chi connectivity index (χ0v) is 11.8. The van der Waals surface area contributed by atoms with E-state index in [-0.39, 0.29) is 11.8 Å². The number of rotatable bonds is 4. The molecule has 20 heavy (non-hydrogen) atoms. The van der Waals surface area contributed by atoms with Crippen molar-refractivity contribution in [1.82, 2.24) is 15.1 Å². The molecule has 108 valence electrons. The molecule has 1 aliphatic rings. The van der Waals surface area contributed by atoms with E-state index in [1.54, 1.807) is 0 Å². The van der Waals surface area contributed by atoms with Gasteiger partial charge in [0.05, 0.1) is 6.54 Å². The van der Waals surface area contributed by atoms with Gasteiger partial charge in [0.1, 0.15) is 0 Å². The predicted molar refractivity (Wildman–Crippen MR) is 77.5 cm³/mol. The van der Waals surface area contributed by atoms with Crippen LogP contribution in [-0.4, -0.2) is 60.9 Å². The Hall–Kier alpha value is -1.88. The number of nitrogens with one attached hydrogen (secondary N) is 1. The third-order valence-corrected chi connectivity index (χ3v) is 3.47. The lowest BCUT2D eigenvalue weighted by atomic mass is 10.2. The van der Waals surface area contributed by atoms with Crippen molar-refractivity contribution in [2.45, 2.75) is 6.92 Å². The van der Waals surface area contributed by atoms with E-state index >= 15 is 0 Å². The highest BCUT2D eigenvalue weighted by molar-refractivity contribution is 5.94. The monoisotopic (exact) mass is 275 g/mol. The standard InChI is InChI=1S/C15H21N3O2/c1-2-16-12-14(19)17-8-10-18(11-9-17)15(20)13-6-4-3-5-7-13/h3-7,16H,2,8-12H2,1H3. The van der Waals surface area contributed by atoms with Gasteiger partial charge in [-0.25, -0.2) is 0 Å². The first-order chi connectivity index (χ1) is 9.72. The smallest absolute Gasteiger partial charge is 0.253 e. The van der Waals surface area contributed by atoms with Crippen LogP contribution in [0.1, 0.15) is 17.3 Å². The van der Waals surface area contributed by atoms with Gasteiger partial charge in [0.15, 0.2) is 0 Å². The van der Waals surface area contributed by atoms with Gasteiger partial charge < -0.3 is 15.1 Å². The number of likely N-dealkylation sites (N-methyl/N-ethyl adjacent to an activating group) is 1. The first-order valence-electron chi connectivity index (χ1n) is 7.05. The maximum Gasteiger partial charge on any atom is 0.253 e. The molecule has 5 heteroatoms. The first-order valence-corrected chi connectivity index (χ1v) is 7.05. The zero-order valence-electron chi connectivity index (χ0n) is 11.8. The number of benzene rings is 1. The Bertz CT molecular complexity index is 453. The fourth-order valence-electron chi connectivity index (χ4n) is 2.27. The normalized spacial score (nSPS) is 15.2. The lowest BCUT2D eigenvalue weighted by molar-refractivity contribution is -0.131. The Morgan fingerprint density at radius 1 is 1.05 bits per heavy atom. The van der Waals surface area contributed by atoms with E-state index in [0.29, 0.717) is 38.3 Å². The molecular formula is C15H21N3O2. The Labute approximate surface area is 119 Å². The number of nitrogens with zero attached hydrogens (tertiary/aromatic N) is 2. The molecule has 1 saturated heterocycles. The van der Waals surface area contributed by atoms with Gasteiger partial charge in [-0.15, -0.1) is 0 Å². The van der Waals surface area contributed by atoms with Gasteiger partial charge in [-0.2, -0.15) is 0 Å². The number of carbonyl (C=O) groups is 2. The Morgan fingerprint density at radius 3 is 2.25 bits per heavy atom. The molecule has 2 amide bonds. The van der Waals surface area contributed by atoms with Crippen LogP contribution < -0.4 is 5.32 Å². The minimum Gasteiger partial charge on any atom is -0.338 e. The molecule has 1 aromatic rings. The lowest BCUT2D eigenvalue weighted by Gasteiger charge is -2.34. The average Bonchev–Trinajstić information content (AvgIpc) is 2.53. The van der Waals surface area contributed by atoms with E-state index in [1.165, 1.54) is 0 Å². The van der Waals surface area contributed by atoms with Gasteiger partial charge in [0, 0.05) is 31.7 Å². The summed E-state index contributed by atoms with van der Waals surface area (Å²) >= 11 is 0.